The summed E-state index contributed by atoms with van der Waals surface area (Å²) in [6.07, 6.45) is 0. The summed E-state index contributed by atoms with van der Waals surface area (Å²) in [6.45, 7) is 4.75. The molecule has 0 fully saturated rings. The summed E-state index contributed by atoms with van der Waals surface area (Å²) in [6, 6.07) is -2.68. The third-order valence-corrected chi connectivity index (χ3v) is 3.70. The molecule has 3 atom stereocenters. The topological polar surface area (TPSA) is 130 Å². The molecule has 0 spiro atoms. The van der Waals surface area contributed by atoms with Gasteiger partial charge in [-0.3, -0.25) is 19.2 Å². The summed E-state index contributed by atoms with van der Waals surface area (Å²) in [7, 11) is 0. The third kappa shape index (κ3) is 7.60. The molecule has 8 nitrogen and oxygen atoms in total. The summed E-state index contributed by atoms with van der Waals surface area (Å²) in [5.41, 5.74) is 5.15. The molecule has 132 valence electrons. The molecule has 0 heterocycles. The molecule has 0 aliphatic rings. The van der Waals surface area contributed by atoms with Crippen LogP contribution in [-0.2, 0) is 19.2 Å². The number of nitrogens with two attached hydrogens (primary N) is 1. The lowest BCUT2D eigenvalue weighted by atomic mass is 10.0. The van der Waals surface area contributed by atoms with E-state index in [9.17, 15) is 19.2 Å². The van der Waals surface area contributed by atoms with Gasteiger partial charge in [0.1, 0.15) is 18.1 Å². The summed E-state index contributed by atoms with van der Waals surface area (Å²) in [5, 5.41) is 7.43. The van der Waals surface area contributed by atoms with Gasteiger partial charge in [-0.25, -0.2) is 0 Å². The fraction of sp³-hybridized carbons (Fsp3) is 0.692. The number of thiol groups is 2. The van der Waals surface area contributed by atoms with E-state index in [4.69, 9.17) is 5.73 Å². The van der Waals surface area contributed by atoms with Gasteiger partial charge >= 0.3 is 0 Å². The Morgan fingerprint density at radius 2 is 1.43 bits per heavy atom. The first-order valence-electron chi connectivity index (χ1n) is 7.02. The maximum atomic E-state index is 12.3. The number of rotatable bonds is 9. The van der Waals surface area contributed by atoms with Crippen LogP contribution in [-0.4, -0.2) is 53.3 Å². The van der Waals surface area contributed by atoms with Gasteiger partial charge in [-0.1, -0.05) is 13.8 Å². The normalized spacial score (nSPS) is 14.5. The molecule has 0 aromatic rings. The quantitative estimate of drug-likeness (QED) is 0.277. The highest BCUT2D eigenvalue weighted by molar-refractivity contribution is 7.80. The molecule has 0 aliphatic heterocycles. The minimum Gasteiger partial charge on any atom is -0.368 e. The molecule has 0 aromatic heterocycles. The van der Waals surface area contributed by atoms with Crippen molar-refractivity contribution in [2.75, 3.05) is 11.5 Å². The van der Waals surface area contributed by atoms with Gasteiger partial charge in [-0.05, 0) is 5.92 Å². The molecule has 5 N–H and O–H groups in total. The minimum atomic E-state index is -0.931. The first kappa shape index (κ1) is 21.6. The first-order valence-corrected chi connectivity index (χ1v) is 8.29. The molecule has 23 heavy (non-hydrogen) atoms. The molecule has 0 radical (unpaired) electrons. The maximum absolute atomic E-state index is 12.3. The Morgan fingerprint density at radius 1 is 0.913 bits per heavy atom. The molecule has 0 aliphatic carbocycles. The Hall–Kier alpha value is -1.42. The van der Waals surface area contributed by atoms with Gasteiger partial charge in [0.25, 0.3) is 0 Å². The van der Waals surface area contributed by atoms with Crippen molar-refractivity contribution in [3.05, 3.63) is 0 Å². The number of carbonyl (C=O) groups excluding carboxylic acids is 4. The molecule has 0 bridgehead atoms. The van der Waals surface area contributed by atoms with E-state index in [2.05, 4.69) is 41.2 Å². The van der Waals surface area contributed by atoms with E-state index in [0.717, 1.165) is 0 Å². The molecule has 10 heteroatoms. The molecule has 0 saturated carbocycles. The van der Waals surface area contributed by atoms with Crippen LogP contribution in [0.15, 0.2) is 0 Å². The average Bonchev–Trinajstić information content (AvgIpc) is 2.46. The van der Waals surface area contributed by atoms with E-state index in [1.165, 1.54) is 6.92 Å². The Balaban J connectivity index is 4.97. The van der Waals surface area contributed by atoms with Crippen LogP contribution in [0.5, 0.6) is 0 Å². The van der Waals surface area contributed by atoms with E-state index >= 15 is 0 Å². The third-order valence-electron chi connectivity index (χ3n) is 2.97. The van der Waals surface area contributed by atoms with Crippen molar-refractivity contribution in [3.63, 3.8) is 0 Å². The molecule has 0 aromatic carbocycles. The van der Waals surface area contributed by atoms with Crippen molar-refractivity contribution in [3.8, 4) is 0 Å². The lowest BCUT2D eigenvalue weighted by Gasteiger charge is -2.25. The SMILES string of the molecule is CC(=O)N[C@@H](CS)C(=O)N[C@H](C(=O)N[C@@H](CS)C(N)=O)C(C)C. The van der Waals surface area contributed by atoms with Gasteiger partial charge < -0.3 is 21.7 Å². The first-order chi connectivity index (χ1) is 10.6. The Labute approximate surface area is 146 Å². The fourth-order valence-corrected chi connectivity index (χ4v) is 2.22. The summed E-state index contributed by atoms with van der Waals surface area (Å²) >= 11 is 7.95. The second-order valence-electron chi connectivity index (χ2n) is 5.31. The molecule has 4 amide bonds. The standard InChI is InChI=1S/C13H24N4O4S2/c1-6(2)10(13(21)16-8(4-22)11(14)19)17-12(20)9(5-23)15-7(3)18/h6,8-10,22-23H,4-5H2,1-3H3,(H2,14,19)(H,15,18)(H,16,21)(H,17,20)/t8-,9-,10-/m0/s1. The van der Waals surface area contributed by atoms with Gasteiger partial charge in [0, 0.05) is 18.4 Å². The van der Waals surface area contributed by atoms with Crippen molar-refractivity contribution < 1.29 is 19.2 Å². The van der Waals surface area contributed by atoms with Crippen molar-refractivity contribution in [1.82, 2.24) is 16.0 Å². The molecular weight excluding hydrogens is 340 g/mol. The number of hydrogen-bond donors (Lipinski definition) is 6. The molecule has 0 saturated heterocycles. The van der Waals surface area contributed by atoms with Gasteiger partial charge in [-0.2, -0.15) is 25.3 Å². The summed E-state index contributed by atoms with van der Waals surface area (Å²) in [5.74, 6) is -2.30. The van der Waals surface area contributed by atoms with Crippen LogP contribution in [0.2, 0.25) is 0 Å². The predicted octanol–water partition coefficient (Wildman–Crippen LogP) is -1.54. The lowest BCUT2D eigenvalue weighted by Crippen LogP contribution is -2.58. The lowest BCUT2D eigenvalue weighted by molar-refractivity contribution is -0.133. The van der Waals surface area contributed by atoms with Crippen molar-refractivity contribution >= 4 is 48.9 Å². The predicted molar refractivity (Wildman–Crippen MR) is 93.2 cm³/mol. The zero-order valence-corrected chi connectivity index (χ0v) is 15.1. The number of amides is 4. The van der Waals surface area contributed by atoms with Gasteiger partial charge in [-0.15, -0.1) is 0 Å². The van der Waals surface area contributed by atoms with E-state index < -0.39 is 35.8 Å². The van der Waals surface area contributed by atoms with E-state index in [0.29, 0.717) is 0 Å². The van der Waals surface area contributed by atoms with Crippen LogP contribution in [0.4, 0.5) is 0 Å². The Kier molecular flexibility index (Phi) is 9.73. The highest BCUT2D eigenvalue weighted by Crippen LogP contribution is 2.04. The minimum absolute atomic E-state index is 0.0466. The molecular formula is C13H24N4O4S2. The number of hydrogen-bond acceptors (Lipinski definition) is 6. The number of nitrogens with one attached hydrogen (secondary N) is 3. The largest absolute Gasteiger partial charge is 0.368 e. The molecule has 0 rings (SSSR count). The zero-order chi connectivity index (χ0) is 18.2. The average molecular weight is 364 g/mol. The second-order valence-corrected chi connectivity index (χ2v) is 6.04. The second kappa shape index (κ2) is 10.4. The number of carbonyl (C=O) groups is 4. The van der Waals surface area contributed by atoms with Gasteiger partial charge in [0.2, 0.25) is 23.6 Å². The van der Waals surface area contributed by atoms with Crippen molar-refractivity contribution in [2.24, 2.45) is 11.7 Å². The zero-order valence-electron chi connectivity index (χ0n) is 13.3. The molecule has 0 unspecified atom stereocenters. The summed E-state index contributed by atoms with van der Waals surface area (Å²) < 4.78 is 0. The van der Waals surface area contributed by atoms with Crippen LogP contribution in [0, 0.1) is 5.92 Å². The maximum Gasteiger partial charge on any atom is 0.244 e. The fourth-order valence-electron chi connectivity index (χ4n) is 1.70. The van der Waals surface area contributed by atoms with Crippen molar-refractivity contribution in [1.29, 1.82) is 0 Å². The van der Waals surface area contributed by atoms with Crippen LogP contribution in [0.1, 0.15) is 20.8 Å². The van der Waals surface area contributed by atoms with Crippen LogP contribution >= 0.6 is 25.3 Å². The summed E-state index contributed by atoms with van der Waals surface area (Å²) in [4.78, 5) is 46.6. The highest BCUT2D eigenvalue weighted by Gasteiger charge is 2.29. The smallest absolute Gasteiger partial charge is 0.244 e. The van der Waals surface area contributed by atoms with Crippen LogP contribution < -0.4 is 21.7 Å². The Bertz CT molecular complexity index is 459. The van der Waals surface area contributed by atoms with E-state index in [1.807, 2.05) is 0 Å². The highest BCUT2D eigenvalue weighted by atomic mass is 32.1. The van der Waals surface area contributed by atoms with E-state index in [1.54, 1.807) is 13.8 Å². The Morgan fingerprint density at radius 3 is 1.78 bits per heavy atom. The number of primary amides is 1. The van der Waals surface area contributed by atoms with Gasteiger partial charge in [0.15, 0.2) is 0 Å². The van der Waals surface area contributed by atoms with Crippen LogP contribution in [0.25, 0.3) is 0 Å². The van der Waals surface area contributed by atoms with Crippen LogP contribution in [0.3, 0.4) is 0 Å². The van der Waals surface area contributed by atoms with Crippen molar-refractivity contribution in [2.45, 2.75) is 38.9 Å². The monoisotopic (exact) mass is 364 g/mol. The van der Waals surface area contributed by atoms with Gasteiger partial charge in [0.05, 0.1) is 0 Å². The van der Waals surface area contributed by atoms with E-state index in [-0.39, 0.29) is 23.3 Å².